The van der Waals surface area contributed by atoms with E-state index < -0.39 is 5.97 Å². The van der Waals surface area contributed by atoms with Crippen LogP contribution in [0.15, 0.2) is 24.3 Å². The maximum Gasteiger partial charge on any atom is 0.222 e. The molecule has 0 radical (unpaired) electrons. The van der Waals surface area contributed by atoms with Crippen molar-refractivity contribution >= 4 is 11.9 Å². The fourth-order valence-corrected chi connectivity index (χ4v) is 1.97. The number of benzene rings is 1. The summed E-state index contributed by atoms with van der Waals surface area (Å²) in [5.41, 5.74) is 0.0326. The van der Waals surface area contributed by atoms with E-state index >= 15 is 0 Å². The van der Waals surface area contributed by atoms with Crippen LogP contribution in [0, 0.1) is 0 Å². The molecule has 1 heterocycles. The van der Waals surface area contributed by atoms with Crippen LogP contribution in [-0.4, -0.2) is 36.5 Å². The average Bonchev–Trinajstić information content (AvgIpc) is 2.76. The van der Waals surface area contributed by atoms with E-state index in [4.69, 9.17) is 4.74 Å². The van der Waals surface area contributed by atoms with Crippen LogP contribution in [0.4, 0.5) is 0 Å². The van der Waals surface area contributed by atoms with Crippen LogP contribution < -0.4 is 9.84 Å². The first-order valence-corrected chi connectivity index (χ1v) is 5.89. The Kier molecular flexibility index (Phi) is 3.82. The third-order valence-electron chi connectivity index (χ3n) is 2.90. The van der Waals surface area contributed by atoms with Gasteiger partial charge in [0.1, 0.15) is 12.4 Å². The molecule has 0 bridgehead atoms. The Hall–Kier alpha value is -2.04. The first-order valence-electron chi connectivity index (χ1n) is 5.89. The van der Waals surface area contributed by atoms with E-state index in [1.54, 1.807) is 23.1 Å². The van der Waals surface area contributed by atoms with Crippen molar-refractivity contribution in [2.24, 2.45) is 0 Å². The van der Waals surface area contributed by atoms with Crippen LogP contribution in [0.25, 0.3) is 0 Å². The van der Waals surface area contributed by atoms with Gasteiger partial charge in [0.05, 0.1) is 12.5 Å². The summed E-state index contributed by atoms with van der Waals surface area (Å²) in [5.74, 6) is -0.848. The number of carboxylic acids is 1. The van der Waals surface area contributed by atoms with Gasteiger partial charge in [-0.1, -0.05) is 12.1 Å². The average molecular weight is 248 g/mol. The van der Waals surface area contributed by atoms with E-state index in [-0.39, 0.29) is 23.8 Å². The van der Waals surface area contributed by atoms with Gasteiger partial charge in [0, 0.05) is 18.5 Å². The number of aromatic carboxylic acids is 1. The van der Waals surface area contributed by atoms with Crippen LogP contribution in [0.2, 0.25) is 0 Å². The molecule has 5 heteroatoms. The van der Waals surface area contributed by atoms with E-state index in [9.17, 15) is 14.7 Å². The van der Waals surface area contributed by atoms with Gasteiger partial charge in [-0.15, -0.1) is 0 Å². The zero-order chi connectivity index (χ0) is 13.0. The second-order valence-corrected chi connectivity index (χ2v) is 4.12. The summed E-state index contributed by atoms with van der Waals surface area (Å²) >= 11 is 0. The molecule has 5 nitrogen and oxygen atoms in total. The van der Waals surface area contributed by atoms with Crippen molar-refractivity contribution in [2.45, 2.75) is 12.8 Å². The maximum absolute atomic E-state index is 11.4. The van der Waals surface area contributed by atoms with Gasteiger partial charge in [-0.05, 0) is 18.6 Å². The summed E-state index contributed by atoms with van der Waals surface area (Å²) in [6.45, 7) is 1.53. The SMILES string of the molecule is O=C([O-])c1ccccc1OCCN1CCCC1=O. The number of amides is 1. The van der Waals surface area contributed by atoms with Crippen molar-refractivity contribution in [3.8, 4) is 5.75 Å². The molecular weight excluding hydrogens is 234 g/mol. The lowest BCUT2D eigenvalue weighted by Crippen LogP contribution is -2.30. The molecule has 0 aromatic heterocycles. The van der Waals surface area contributed by atoms with E-state index in [2.05, 4.69) is 0 Å². The number of para-hydroxylation sites is 1. The van der Waals surface area contributed by atoms with Crippen LogP contribution in [0.1, 0.15) is 23.2 Å². The Labute approximate surface area is 105 Å². The van der Waals surface area contributed by atoms with Gasteiger partial charge in [0.2, 0.25) is 5.91 Å². The summed E-state index contributed by atoms with van der Waals surface area (Å²) in [6.07, 6.45) is 1.48. The minimum atomic E-state index is -1.26. The number of likely N-dealkylation sites (tertiary alicyclic amines) is 1. The van der Waals surface area contributed by atoms with E-state index in [1.165, 1.54) is 6.07 Å². The number of rotatable bonds is 5. The van der Waals surface area contributed by atoms with Crippen molar-refractivity contribution in [3.05, 3.63) is 29.8 Å². The second kappa shape index (κ2) is 5.53. The quantitative estimate of drug-likeness (QED) is 0.738. The molecule has 1 fully saturated rings. The summed E-state index contributed by atoms with van der Waals surface area (Å²) < 4.78 is 5.39. The summed E-state index contributed by atoms with van der Waals surface area (Å²) in [4.78, 5) is 23.9. The predicted molar refractivity (Wildman–Crippen MR) is 62.1 cm³/mol. The largest absolute Gasteiger partial charge is 0.545 e. The van der Waals surface area contributed by atoms with Crippen LogP contribution in [0.5, 0.6) is 5.75 Å². The van der Waals surface area contributed by atoms with Crippen LogP contribution in [-0.2, 0) is 4.79 Å². The zero-order valence-corrected chi connectivity index (χ0v) is 9.93. The molecule has 2 rings (SSSR count). The van der Waals surface area contributed by atoms with E-state index in [1.807, 2.05) is 0 Å². The van der Waals surface area contributed by atoms with Gasteiger partial charge >= 0.3 is 0 Å². The first-order chi connectivity index (χ1) is 8.68. The highest BCUT2D eigenvalue weighted by Gasteiger charge is 2.19. The van der Waals surface area contributed by atoms with Gasteiger partial charge < -0.3 is 19.5 Å². The van der Waals surface area contributed by atoms with Gasteiger partial charge in [0.15, 0.2) is 0 Å². The predicted octanol–water partition coefficient (Wildman–Crippen LogP) is 0.0513. The van der Waals surface area contributed by atoms with Gasteiger partial charge in [-0.2, -0.15) is 0 Å². The molecule has 0 saturated carbocycles. The van der Waals surface area contributed by atoms with Crippen molar-refractivity contribution in [2.75, 3.05) is 19.7 Å². The summed E-state index contributed by atoms with van der Waals surface area (Å²) in [7, 11) is 0. The molecule has 0 aliphatic carbocycles. The lowest BCUT2D eigenvalue weighted by atomic mass is 10.2. The normalized spacial score (nSPS) is 14.9. The molecule has 0 N–H and O–H groups in total. The number of nitrogens with zero attached hydrogens (tertiary/aromatic N) is 1. The second-order valence-electron chi connectivity index (χ2n) is 4.12. The number of hydrogen-bond acceptors (Lipinski definition) is 4. The molecule has 1 saturated heterocycles. The monoisotopic (exact) mass is 248 g/mol. The Morgan fingerprint density at radius 1 is 1.39 bits per heavy atom. The zero-order valence-electron chi connectivity index (χ0n) is 9.93. The first kappa shape index (κ1) is 12.4. The third-order valence-corrected chi connectivity index (χ3v) is 2.90. The highest BCUT2D eigenvalue weighted by molar-refractivity contribution is 5.89. The smallest absolute Gasteiger partial charge is 0.222 e. The standard InChI is InChI=1S/C13H15NO4/c15-12-6-3-7-14(12)8-9-18-11-5-2-1-4-10(11)13(16)17/h1-2,4-5H,3,6-9H2,(H,16,17)/p-1. The minimum Gasteiger partial charge on any atom is -0.545 e. The van der Waals surface area contributed by atoms with Crippen LogP contribution >= 0.6 is 0 Å². The van der Waals surface area contributed by atoms with Gasteiger partial charge in [-0.25, -0.2) is 0 Å². The lowest BCUT2D eigenvalue weighted by molar-refractivity contribution is -0.255. The minimum absolute atomic E-state index is 0.0326. The topological polar surface area (TPSA) is 69.7 Å². The fourth-order valence-electron chi connectivity index (χ4n) is 1.97. The van der Waals surface area contributed by atoms with Gasteiger partial charge in [-0.3, -0.25) is 4.79 Å². The Bertz CT molecular complexity index is 458. The molecule has 1 aliphatic rings. The molecule has 0 unspecified atom stereocenters. The Morgan fingerprint density at radius 2 is 2.17 bits per heavy atom. The highest BCUT2D eigenvalue weighted by Crippen LogP contribution is 2.17. The lowest BCUT2D eigenvalue weighted by Gasteiger charge is -2.17. The third kappa shape index (κ3) is 2.80. The molecular formula is C13H14NO4-. The molecule has 18 heavy (non-hydrogen) atoms. The Balaban J connectivity index is 1.90. The molecule has 0 spiro atoms. The molecule has 1 aromatic rings. The van der Waals surface area contributed by atoms with Crippen molar-refractivity contribution < 1.29 is 19.4 Å². The van der Waals surface area contributed by atoms with Crippen LogP contribution in [0.3, 0.4) is 0 Å². The van der Waals surface area contributed by atoms with E-state index in [0.29, 0.717) is 13.0 Å². The number of carbonyl (C=O) groups excluding carboxylic acids is 2. The molecule has 1 aromatic carbocycles. The van der Waals surface area contributed by atoms with E-state index in [0.717, 1.165) is 13.0 Å². The highest BCUT2D eigenvalue weighted by atomic mass is 16.5. The van der Waals surface area contributed by atoms with Crippen molar-refractivity contribution in [1.82, 2.24) is 4.90 Å². The Morgan fingerprint density at radius 3 is 2.83 bits per heavy atom. The fraction of sp³-hybridized carbons (Fsp3) is 0.385. The number of hydrogen-bond donors (Lipinski definition) is 0. The summed E-state index contributed by atoms with van der Waals surface area (Å²) in [5, 5.41) is 10.8. The molecule has 1 aliphatic heterocycles. The van der Waals surface area contributed by atoms with Crippen molar-refractivity contribution in [1.29, 1.82) is 0 Å². The molecule has 0 atom stereocenters. The van der Waals surface area contributed by atoms with Gasteiger partial charge in [0.25, 0.3) is 0 Å². The molecule has 1 amide bonds. The van der Waals surface area contributed by atoms with Crippen molar-refractivity contribution in [3.63, 3.8) is 0 Å². The summed E-state index contributed by atoms with van der Waals surface area (Å²) in [6, 6.07) is 6.33. The molecule has 96 valence electrons. The number of ether oxygens (including phenoxy) is 1. The maximum atomic E-state index is 11.4. The number of carbonyl (C=O) groups is 2. The number of carboxylic acid groups (broad SMARTS) is 1.